The van der Waals surface area contributed by atoms with Crippen molar-refractivity contribution in [3.63, 3.8) is 0 Å². The molecule has 0 aliphatic carbocycles. The van der Waals surface area contributed by atoms with Crippen LogP contribution in [0.25, 0.3) is 0 Å². The minimum Gasteiger partial charge on any atom is -0.394 e. The van der Waals surface area contributed by atoms with Crippen LogP contribution in [0, 0.1) is 0 Å². The second kappa shape index (κ2) is 6.36. The summed E-state index contributed by atoms with van der Waals surface area (Å²) in [6.45, 7) is 7.51. The van der Waals surface area contributed by atoms with Crippen LogP contribution in [0.1, 0.15) is 31.3 Å². The van der Waals surface area contributed by atoms with E-state index in [9.17, 15) is 9.90 Å². The van der Waals surface area contributed by atoms with Gasteiger partial charge in [-0.1, -0.05) is 0 Å². The van der Waals surface area contributed by atoms with Gasteiger partial charge in [-0.3, -0.25) is 4.79 Å². The fourth-order valence-corrected chi connectivity index (χ4v) is 2.43. The van der Waals surface area contributed by atoms with E-state index in [-0.39, 0.29) is 24.2 Å². The average Bonchev–Trinajstić information content (AvgIpc) is 2.46. The highest BCUT2D eigenvalue weighted by atomic mass is 16.5. The van der Waals surface area contributed by atoms with Crippen molar-refractivity contribution in [2.45, 2.75) is 32.5 Å². The highest BCUT2D eigenvalue weighted by Gasteiger charge is 2.33. The molecule has 7 nitrogen and oxygen atoms in total. The molecular weight excluding hydrogens is 272 g/mol. The predicted octanol–water partition coefficient (Wildman–Crippen LogP) is 0.202. The summed E-state index contributed by atoms with van der Waals surface area (Å²) in [4.78, 5) is 13.7. The number of aliphatic hydroxyl groups is 1. The zero-order valence-electron chi connectivity index (χ0n) is 12.7. The summed E-state index contributed by atoms with van der Waals surface area (Å²) in [5.41, 5.74) is -0.0715. The fourth-order valence-electron chi connectivity index (χ4n) is 2.43. The van der Waals surface area contributed by atoms with Gasteiger partial charge in [0.15, 0.2) is 11.5 Å². The fraction of sp³-hybridized carbons (Fsp3) is 0.643. The lowest BCUT2D eigenvalue weighted by atomic mass is 10.1. The Labute approximate surface area is 124 Å². The number of aliphatic hydroxyl groups excluding tert-OH is 1. The number of aromatic nitrogens is 2. The van der Waals surface area contributed by atoms with Gasteiger partial charge in [0.25, 0.3) is 5.91 Å². The Balaban J connectivity index is 2.12. The smallest absolute Gasteiger partial charge is 0.271 e. The zero-order chi connectivity index (χ0) is 15.5. The Hall–Kier alpha value is -1.73. The van der Waals surface area contributed by atoms with Crippen LogP contribution in [-0.4, -0.2) is 59.2 Å². The molecule has 1 aromatic rings. The maximum absolute atomic E-state index is 11.7. The molecule has 1 aliphatic rings. The number of hydrogen-bond donors (Lipinski definition) is 2. The third kappa shape index (κ3) is 3.89. The third-order valence-electron chi connectivity index (χ3n) is 3.23. The molecule has 0 spiro atoms. The summed E-state index contributed by atoms with van der Waals surface area (Å²) in [6, 6.07) is 3.43. The van der Waals surface area contributed by atoms with Gasteiger partial charge >= 0.3 is 0 Å². The lowest BCUT2D eigenvalue weighted by molar-refractivity contribution is -0.101. The largest absolute Gasteiger partial charge is 0.394 e. The van der Waals surface area contributed by atoms with Crippen LogP contribution in [0.15, 0.2) is 12.1 Å². The van der Waals surface area contributed by atoms with Crippen molar-refractivity contribution in [1.29, 1.82) is 0 Å². The molecule has 1 amide bonds. The molecule has 21 heavy (non-hydrogen) atoms. The van der Waals surface area contributed by atoms with Crippen molar-refractivity contribution in [3.8, 4) is 0 Å². The van der Waals surface area contributed by atoms with E-state index < -0.39 is 0 Å². The zero-order valence-corrected chi connectivity index (χ0v) is 12.7. The number of carbonyl (C=O) groups is 1. The molecule has 1 aliphatic heterocycles. The van der Waals surface area contributed by atoms with E-state index >= 15 is 0 Å². The SMILES string of the molecule is CCNC(=O)c1ccc(N2CC(CO)OC(C)(C)C2)nn1. The average molecular weight is 294 g/mol. The van der Waals surface area contributed by atoms with Crippen LogP contribution >= 0.6 is 0 Å². The van der Waals surface area contributed by atoms with Gasteiger partial charge in [0.2, 0.25) is 0 Å². The summed E-state index contributed by atoms with van der Waals surface area (Å²) in [6.07, 6.45) is -0.251. The number of carbonyl (C=O) groups excluding carboxylic acids is 1. The van der Waals surface area contributed by atoms with Gasteiger partial charge in [-0.15, -0.1) is 10.2 Å². The highest BCUT2D eigenvalue weighted by Crippen LogP contribution is 2.24. The van der Waals surface area contributed by atoms with E-state index in [1.165, 1.54) is 0 Å². The molecule has 7 heteroatoms. The molecule has 2 rings (SSSR count). The number of ether oxygens (including phenoxy) is 1. The molecule has 2 heterocycles. The van der Waals surface area contributed by atoms with Crippen molar-refractivity contribution >= 4 is 11.7 Å². The second-order valence-corrected chi connectivity index (χ2v) is 5.70. The number of morpholine rings is 1. The topological polar surface area (TPSA) is 87.6 Å². The third-order valence-corrected chi connectivity index (χ3v) is 3.23. The molecule has 1 atom stereocenters. The van der Waals surface area contributed by atoms with Crippen LogP contribution in [0.3, 0.4) is 0 Å². The van der Waals surface area contributed by atoms with Crippen LogP contribution in [0.5, 0.6) is 0 Å². The Morgan fingerprint density at radius 2 is 2.29 bits per heavy atom. The van der Waals surface area contributed by atoms with Gasteiger partial charge in [0.05, 0.1) is 18.3 Å². The molecule has 1 saturated heterocycles. The maximum Gasteiger partial charge on any atom is 0.271 e. The van der Waals surface area contributed by atoms with Crippen molar-refractivity contribution < 1.29 is 14.6 Å². The first-order valence-electron chi connectivity index (χ1n) is 7.10. The van der Waals surface area contributed by atoms with E-state index in [2.05, 4.69) is 15.5 Å². The van der Waals surface area contributed by atoms with Crippen LogP contribution in [0.2, 0.25) is 0 Å². The molecule has 1 aromatic heterocycles. The predicted molar refractivity (Wildman–Crippen MR) is 78.3 cm³/mol. The van der Waals surface area contributed by atoms with Crippen LogP contribution < -0.4 is 10.2 Å². The minimum absolute atomic E-state index is 0.0374. The van der Waals surface area contributed by atoms with Gasteiger partial charge in [-0.2, -0.15) is 0 Å². The van der Waals surface area contributed by atoms with Gasteiger partial charge in [-0.05, 0) is 32.9 Å². The highest BCUT2D eigenvalue weighted by molar-refractivity contribution is 5.92. The number of rotatable bonds is 4. The summed E-state index contributed by atoms with van der Waals surface area (Å²) < 4.78 is 5.76. The molecule has 0 radical (unpaired) electrons. The van der Waals surface area contributed by atoms with Gasteiger partial charge in [-0.25, -0.2) is 0 Å². The van der Waals surface area contributed by atoms with Gasteiger partial charge < -0.3 is 20.1 Å². The molecule has 116 valence electrons. The Morgan fingerprint density at radius 3 is 2.86 bits per heavy atom. The molecule has 0 bridgehead atoms. The Morgan fingerprint density at radius 1 is 1.52 bits per heavy atom. The van der Waals surface area contributed by atoms with E-state index in [0.29, 0.717) is 31.1 Å². The number of nitrogens with one attached hydrogen (secondary N) is 1. The lowest BCUT2D eigenvalue weighted by Crippen LogP contribution is -2.54. The number of nitrogens with zero attached hydrogens (tertiary/aromatic N) is 3. The molecule has 1 unspecified atom stereocenters. The first-order chi connectivity index (χ1) is 9.95. The monoisotopic (exact) mass is 294 g/mol. The summed E-state index contributed by atoms with van der Waals surface area (Å²) >= 11 is 0. The Bertz CT molecular complexity index is 489. The minimum atomic E-state index is -0.369. The first-order valence-corrected chi connectivity index (χ1v) is 7.10. The normalized spacial score (nSPS) is 21.1. The number of anilines is 1. The van der Waals surface area contributed by atoms with Crippen LogP contribution in [-0.2, 0) is 4.74 Å². The van der Waals surface area contributed by atoms with E-state index in [1.54, 1.807) is 12.1 Å². The molecule has 1 fully saturated rings. The first kappa shape index (κ1) is 15.7. The number of amides is 1. The van der Waals surface area contributed by atoms with Crippen molar-refractivity contribution in [1.82, 2.24) is 15.5 Å². The maximum atomic E-state index is 11.7. The van der Waals surface area contributed by atoms with Crippen molar-refractivity contribution in [3.05, 3.63) is 17.8 Å². The molecular formula is C14H22N4O3. The molecule has 2 N–H and O–H groups in total. The van der Waals surface area contributed by atoms with E-state index in [4.69, 9.17) is 4.74 Å². The lowest BCUT2D eigenvalue weighted by Gasteiger charge is -2.42. The van der Waals surface area contributed by atoms with E-state index in [1.807, 2.05) is 25.7 Å². The van der Waals surface area contributed by atoms with Crippen molar-refractivity contribution in [2.75, 3.05) is 31.1 Å². The molecule has 0 saturated carbocycles. The quantitative estimate of drug-likeness (QED) is 0.825. The summed E-state index contributed by atoms with van der Waals surface area (Å²) in [5.74, 6) is 0.449. The standard InChI is InChI=1S/C14H22N4O3/c1-4-15-13(20)11-5-6-12(17-16-11)18-7-10(8-19)21-14(2,3)9-18/h5-6,10,19H,4,7-9H2,1-3H3,(H,15,20). The second-order valence-electron chi connectivity index (χ2n) is 5.70. The molecule has 0 aromatic carbocycles. The van der Waals surface area contributed by atoms with Gasteiger partial charge in [0.1, 0.15) is 0 Å². The van der Waals surface area contributed by atoms with Crippen molar-refractivity contribution in [2.24, 2.45) is 0 Å². The number of hydrogen-bond acceptors (Lipinski definition) is 6. The van der Waals surface area contributed by atoms with Crippen LogP contribution in [0.4, 0.5) is 5.82 Å². The summed E-state index contributed by atoms with van der Waals surface area (Å²) in [5, 5.41) is 20.1. The summed E-state index contributed by atoms with van der Waals surface area (Å²) in [7, 11) is 0. The Kier molecular flexibility index (Phi) is 4.74. The van der Waals surface area contributed by atoms with Gasteiger partial charge in [0, 0.05) is 19.6 Å². The van der Waals surface area contributed by atoms with E-state index in [0.717, 1.165) is 0 Å².